The molecule has 48 heavy (non-hydrogen) atoms. The highest BCUT2D eigenvalue weighted by Crippen LogP contribution is 2.19. The molecule has 1 unspecified atom stereocenters. The van der Waals surface area contributed by atoms with Gasteiger partial charge in [-0.2, -0.15) is 0 Å². The number of nitrogens with zero attached hydrogens (tertiary/aromatic N) is 3. The van der Waals surface area contributed by atoms with Crippen LogP contribution in [-0.2, 0) is 47.7 Å². The second-order valence-corrected chi connectivity index (χ2v) is 15.9. The molecule has 0 aromatic rings. The highest BCUT2D eigenvalue weighted by atomic mass is 16.6. The largest absolute Gasteiger partial charge is 0.465 e. The van der Waals surface area contributed by atoms with Crippen molar-refractivity contribution in [3.63, 3.8) is 0 Å². The van der Waals surface area contributed by atoms with E-state index >= 15 is 0 Å². The number of rotatable bonds is 18. The van der Waals surface area contributed by atoms with E-state index in [0.717, 1.165) is 0 Å². The van der Waals surface area contributed by atoms with Gasteiger partial charge in [-0.05, 0) is 103 Å². The van der Waals surface area contributed by atoms with Crippen LogP contribution in [0.5, 0.6) is 0 Å². The molecule has 0 fully saturated rings. The van der Waals surface area contributed by atoms with E-state index in [1.54, 1.807) is 81.1 Å². The first kappa shape index (κ1) is 45.2. The van der Waals surface area contributed by atoms with E-state index in [0.29, 0.717) is 19.6 Å². The van der Waals surface area contributed by atoms with Crippen LogP contribution < -0.4 is 0 Å². The van der Waals surface area contributed by atoms with Crippen molar-refractivity contribution in [2.45, 2.75) is 132 Å². The second-order valence-electron chi connectivity index (χ2n) is 15.9. The van der Waals surface area contributed by atoms with Crippen molar-refractivity contribution in [1.29, 1.82) is 0 Å². The Balaban J connectivity index is 6.36. The molecule has 280 valence electrons. The van der Waals surface area contributed by atoms with Gasteiger partial charge >= 0.3 is 29.8 Å². The summed E-state index contributed by atoms with van der Waals surface area (Å²) in [5.74, 6) is -4.23. The summed E-state index contributed by atoms with van der Waals surface area (Å²) in [4.78, 5) is 70.6. The first-order valence-electron chi connectivity index (χ1n) is 16.9. The van der Waals surface area contributed by atoms with Crippen LogP contribution in [0.1, 0.15) is 104 Å². The maximum Gasteiger partial charge on any atom is 0.323 e. The molecule has 0 amide bonds. The van der Waals surface area contributed by atoms with Gasteiger partial charge in [-0.25, -0.2) is 0 Å². The molecule has 0 aromatic carbocycles. The van der Waals surface area contributed by atoms with Crippen LogP contribution in [0.3, 0.4) is 0 Å². The lowest BCUT2D eigenvalue weighted by molar-refractivity contribution is -0.176. The minimum atomic E-state index is -1.36. The van der Waals surface area contributed by atoms with Gasteiger partial charge in [0.25, 0.3) is 0 Å². The fourth-order valence-electron chi connectivity index (χ4n) is 4.40. The Bertz CT molecular complexity index is 1020. The monoisotopic (exact) mass is 687 g/mol. The molecule has 13 heteroatoms. The Kier molecular flexibility index (Phi) is 18.3. The standard InChI is InChI=1S/C35H65N3O10/c1-16-36(23-27(39)45-32(4,5)6)18-20-38(25(3)29(41)44-17-2)21-19-37(24-28(40)46-33(7,8)9)22-26(30(42)47-34(10,11)12)31(43)48-35(13,14)15/h25-26H,16-24H2,1-15H3. The molecule has 0 saturated carbocycles. The van der Waals surface area contributed by atoms with Crippen LogP contribution in [0.4, 0.5) is 0 Å². The van der Waals surface area contributed by atoms with Crippen molar-refractivity contribution in [2.24, 2.45) is 5.92 Å². The third-order valence-corrected chi connectivity index (χ3v) is 6.40. The molecule has 0 aliphatic rings. The van der Waals surface area contributed by atoms with Crippen LogP contribution in [0.2, 0.25) is 0 Å². The number of ether oxygens (including phenoxy) is 5. The van der Waals surface area contributed by atoms with Crippen molar-refractivity contribution in [3.05, 3.63) is 0 Å². The number of likely N-dealkylation sites (N-methyl/N-ethyl adjacent to an activating group) is 1. The molecular weight excluding hydrogens is 622 g/mol. The zero-order valence-electron chi connectivity index (χ0n) is 32.4. The summed E-state index contributed by atoms with van der Waals surface area (Å²) in [5, 5.41) is 0. The Morgan fingerprint density at radius 2 is 0.917 bits per heavy atom. The third kappa shape index (κ3) is 21.3. The van der Waals surface area contributed by atoms with E-state index in [9.17, 15) is 24.0 Å². The lowest BCUT2D eigenvalue weighted by atomic mass is 10.1. The lowest BCUT2D eigenvalue weighted by Gasteiger charge is -2.34. The number of esters is 5. The summed E-state index contributed by atoms with van der Waals surface area (Å²) < 4.78 is 27.5. The summed E-state index contributed by atoms with van der Waals surface area (Å²) >= 11 is 0. The van der Waals surface area contributed by atoms with Crippen molar-refractivity contribution in [1.82, 2.24) is 14.7 Å². The van der Waals surface area contributed by atoms with Crippen LogP contribution >= 0.6 is 0 Å². The SMILES string of the molecule is CCOC(=O)C(C)N(CCN(CC)CC(=O)OC(C)(C)C)CCN(CC(=O)OC(C)(C)C)CC(C(=O)OC(C)(C)C)C(=O)OC(C)(C)C. The minimum Gasteiger partial charge on any atom is -0.465 e. The summed E-state index contributed by atoms with van der Waals surface area (Å²) in [6.07, 6.45) is 0. The van der Waals surface area contributed by atoms with Crippen LogP contribution in [0.25, 0.3) is 0 Å². The first-order chi connectivity index (χ1) is 21.7. The molecule has 0 spiro atoms. The predicted molar refractivity (Wildman–Crippen MR) is 183 cm³/mol. The van der Waals surface area contributed by atoms with Gasteiger partial charge in [0.1, 0.15) is 28.4 Å². The van der Waals surface area contributed by atoms with Gasteiger partial charge in [-0.15, -0.1) is 0 Å². The maximum absolute atomic E-state index is 13.3. The van der Waals surface area contributed by atoms with E-state index in [4.69, 9.17) is 23.7 Å². The highest BCUT2D eigenvalue weighted by Gasteiger charge is 2.37. The zero-order valence-corrected chi connectivity index (χ0v) is 32.4. The Labute approximate surface area is 289 Å². The molecule has 0 aliphatic heterocycles. The number of hydrogen-bond donors (Lipinski definition) is 0. The molecule has 1 atom stereocenters. The van der Waals surface area contributed by atoms with Gasteiger partial charge in [0, 0.05) is 32.7 Å². The summed E-state index contributed by atoms with van der Waals surface area (Å²) in [6.45, 7) is 27.9. The summed E-state index contributed by atoms with van der Waals surface area (Å²) in [7, 11) is 0. The fourth-order valence-corrected chi connectivity index (χ4v) is 4.40. The highest BCUT2D eigenvalue weighted by molar-refractivity contribution is 5.95. The maximum atomic E-state index is 13.3. The van der Waals surface area contributed by atoms with Crippen molar-refractivity contribution >= 4 is 29.8 Å². The van der Waals surface area contributed by atoms with E-state index in [1.165, 1.54) is 0 Å². The molecule has 0 rings (SSSR count). The molecule has 0 radical (unpaired) electrons. The predicted octanol–water partition coefficient (Wildman–Crippen LogP) is 3.85. The van der Waals surface area contributed by atoms with E-state index in [1.807, 2.05) is 37.5 Å². The normalized spacial score (nSPS) is 13.5. The van der Waals surface area contributed by atoms with Crippen molar-refractivity contribution in [2.75, 3.05) is 59.0 Å². The van der Waals surface area contributed by atoms with Crippen molar-refractivity contribution in [3.8, 4) is 0 Å². The first-order valence-corrected chi connectivity index (χ1v) is 16.9. The Morgan fingerprint density at radius 1 is 0.542 bits per heavy atom. The topological polar surface area (TPSA) is 141 Å². The average molecular weight is 688 g/mol. The number of carbonyl (C=O) groups excluding carboxylic acids is 5. The van der Waals surface area contributed by atoms with Crippen LogP contribution in [0.15, 0.2) is 0 Å². The third-order valence-electron chi connectivity index (χ3n) is 6.40. The van der Waals surface area contributed by atoms with Gasteiger partial charge in [-0.3, -0.25) is 38.7 Å². The quantitative estimate of drug-likeness (QED) is 0.117. The van der Waals surface area contributed by atoms with Gasteiger partial charge in [-0.1, -0.05) is 6.92 Å². The summed E-state index contributed by atoms with van der Waals surface area (Å²) in [6, 6.07) is -0.666. The molecule has 0 aromatic heterocycles. The Morgan fingerprint density at radius 3 is 1.27 bits per heavy atom. The molecule has 0 bridgehead atoms. The number of hydrogen-bond acceptors (Lipinski definition) is 13. The molecule has 0 aliphatic carbocycles. The average Bonchev–Trinajstić information content (AvgIpc) is 2.86. The lowest BCUT2D eigenvalue weighted by Crippen LogP contribution is -2.50. The van der Waals surface area contributed by atoms with E-state index in [-0.39, 0.29) is 45.3 Å². The van der Waals surface area contributed by atoms with E-state index < -0.39 is 58.2 Å². The Hall–Kier alpha value is -2.77. The molecule has 0 heterocycles. The summed E-state index contributed by atoms with van der Waals surface area (Å²) in [5.41, 5.74) is -3.12. The second kappa shape index (κ2) is 19.4. The molecule has 0 saturated heterocycles. The fraction of sp³-hybridized carbons (Fsp3) is 0.857. The van der Waals surface area contributed by atoms with Gasteiger partial charge in [0.05, 0.1) is 19.7 Å². The minimum absolute atomic E-state index is 0.0770. The van der Waals surface area contributed by atoms with E-state index in [2.05, 4.69) is 0 Å². The van der Waals surface area contributed by atoms with Crippen molar-refractivity contribution < 1.29 is 47.7 Å². The molecule has 0 N–H and O–H groups in total. The van der Waals surface area contributed by atoms with Crippen LogP contribution in [-0.4, -0.2) is 132 Å². The van der Waals surface area contributed by atoms with Gasteiger partial charge < -0.3 is 23.7 Å². The van der Waals surface area contributed by atoms with Gasteiger partial charge in [0.2, 0.25) is 0 Å². The zero-order chi connectivity index (χ0) is 37.7. The van der Waals surface area contributed by atoms with Gasteiger partial charge in [0.15, 0.2) is 5.92 Å². The van der Waals surface area contributed by atoms with Crippen LogP contribution in [0, 0.1) is 5.92 Å². The molecular formula is C35H65N3O10. The number of carbonyl (C=O) groups is 5. The molecule has 13 nitrogen and oxygen atoms in total. The smallest absolute Gasteiger partial charge is 0.323 e.